The quantitative estimate of drug-likeness (QED) is 0.834. The highest BCUT2D eigenvalue weighted by atomic mass is 79.9. The van der Waals surface area contributed by atoms with Crippen LogP contribution in [-0.4, -0.2) is 13.1 Å². The summed E-state index contributed by atoms with van der Waals surface area (Å²) in [6.45, 7) is 2.25. The summed E-state index contributed by atoms with van der Waals surface area (Å²) in [4.78, 5) is 11.5. The average molecular weight is 352 g/mol. The van der Waals surface area contributed by atoms with Crippen LogP contribution in [0.4, 0.5) is 10.1 Å². The van der Waals surface area contributed by atoms with Crippen molar-refractivity contribution >= 4 is 27.6 Å². The standard InChI is InChI=1S/C16H15BrFNO2/c1-10-3-4-11(16(20)21-2)8-15(10)19-9-12-7-13(17)5-6-14(12)18/h3-8,19H,9H2,1-2H3. The van der Waals surface area contributed by atoms with Crippen LogP contribution in [0.2, 0.25) is 0 Å². The molecule has 0 amide bonds. The zero-order valence-electron chi connectivity index (χ0n) is 11.7. The number of carbonyl (C=O) groups is 1. The van der Waals surface area contributed by atoms with Gasteiger partial charge >= 0.3 is 5.97 Å². The Morgan fingerprint density at radius 2 is 2.05 bits per heavy atom. The lowest BCUT2D eigenvalue weighted by molar-refractivity contribution is 0.0601. The van der Waals surface area contributed by atoms with Crippen molar-refractivity contribution in [2.45, 2.75) is 13.5 Å². The minimum Gasteiger partial charge on any atom is -0.465 e. The molecule has 0 saturated carbocycles. The summed E-state index contributed by atoms with van der Waals surface area (Å²) in [6.07, 6.45) is 0. The van der Waals surface area contributed by atoms with E-state index in [4.69, 9.17) is 4.74 Å². The third-order valence-corrected chi connectivity index (χ3v) is 3.63. The van der Waals surface area contributed by atoms with Crippen LogP contribution in [0.15, 0.2) is 40.9 Å². The van der Waals surface area contributed by atoms with Gasteiger partial charge in [0, 0.05) is 22.3 Å². The Labute approximate surface area is 131 Å². The molecule has 2 rings (SSSR count). The van der Waals surface area contributed by atoms with Crippen molar-refractivity contribution in [3.8, 4) is 0 Å². The van der Waals surface area contributed by atoms with E-state index in [-0.39, 0.29) is 5.82 Å². The number of rotatable bonds is 4. The van der Waals surface area contributed by atoms with E-state index < -0.39 is 5.97 Å². The fourth-order valence-corrected chi connectivity index (χ4v) is 2.34. The highest BCUT2D eigenvalue weighted by Gasteiger charge is 2.09. The van der Waals surface area contributed by atoms with Crippen LogP contribution in [0.5, 0.6) is 0 Å². The van der Waals surface area contributed by atoms with Crippen LogP contribution in [0, 0.1) is 12.7 Å². The highest BCUT2D eigenvalue weighted by molar-refractivity contribution is 9.10. The number of nitrogens with one attached hydrogen (secondary N) is 1. The van der Waals surface area contributed by atoms with Crippen LogP contribution in [0.25, 0.3) is 0 Å². The maximum Gasteiger partial charge on any atom is 0.337 e. The number of ether oxygens (including phenoxy) is 1. The van der Waals surface area contributed by atoms with E-state index in [0.29, 0.717) is 17.7 Å². The fraction of sp³-hybridized carbons (Fsp3) is 0.188. The van der Waals surface area contributed by atoms with Gasteiger partial charge in [0.15, 0.2) is 0 Å². The zero-order chi connectivity index (χ0) is 15.4. The van der Waals surface area contributed by atoms with Gasteiger partial charge < -0.3 is 10.1 Å². The van der Waals surface area contributed by atoms with Gasteiger partial charge in [-0.05, 0) is 42.8 Å². The van der Waals surface area contributed by atoms with Crippen LogP contribution >= 0.6 is 15.9 Å². The normalized spacial score (nSPS) is 10.3. The summed E-state index contributed by atoms with van der Waals surface area (Å²) in [5.74, 6) is -0.667. The maximum atomic E-state index is 13.7. The SMILES string of the molecule is COC(=O)c1ccc(C)c(NCc2cc(Br)ccc2F)c1. The van der Waals surface area contributed by atoms with E-state index >= 15 is 0 Å². The van der Waals surface area contributed by atoms with Gasteiger partial charge in [0.2, 0.25) is 0 Å². The van der Waals surface area contributed by atoms with Gasteiger partial charge in [0.25, 0.3) is 0 Å². The molecule has 0 heterocycles. The second-order valence-electron chi connectivity index (χ2n) is 4.61. The first-order valence-electron chi connectivity index (χ1n) is 6.38. The van der Waals surface area contributed by atoms with Crippen molar-refractivity contribution in [2.75, 3.05) is 12.4 Å². The number of carbonyl (C=O) groups excluding carboxylic acids is 1. The topological polar surface area (TPSA) is 38.3 Å². The van der Waals surface area contributed by atoms with Crippen molar-refractivity contribution in [2.24, 2.45) is 0 Å². The van der Waals surface area contributed by atoms with E-state index in [1.807, 2.05) is 13.0 Å². The van der Waals surface area contributed by atoms with Gasteiger partial charge in [-0.25, -0.2) is 9.18 Å². The predicted octanol–water partition coefficient (Wildman–Crippen LogP) is 4.30. The molecule has 0 unspecified atom stereocenters. The number of hydrogen-bond donors (Lipinski definition) is 1. The van der Waals surface area contributed by atoms with Crippen molar-refractivity contribution in [3.05, 3.63) is 63.4 Å². The smallest absolute Gasteiger partial charge is 0.337 e. The Kier molecular flexibility index (Phi) is 4.96. The van der Waals surface area contributed by atoms with E-state index in [1.54, 1.807) is 24.3 Å². The van der Waals surface area contributed by atoms with Gasteiger partial charge in [-0.2, -0.15) is 0 Å². The summed E-state index contributed by atoms with van der Waals surface area (Å²) < 4.78 is 19.2. The van der Waals surface area contributed by atoms with E-state index in [9.17, 15) is 9.18 Å². The van der Waals surface area contributed by atoms with Crippen LogP contribution < -0.4 is 5.32 Å². The van der Waals surface area contributed by atoms with Gasteiger partial charge in [0.05, 0.1) is 12.7 Å². The second kappa shape index (κ2) is 6.72. The third kappa shape index (κ3) is 3.82. The molecular weight excluding hydrogens is 337 g/mol. The molecule has 0 aliphatic rings. The molecule has 0 spiro atoms. The first-order chi connectivity index (χ1) is 10.0. The van der Waals surface area contributed by atoms with Crippen molar-refractivity contribution in [1.82, 2.24) is 0 Å². The molecule has 0 aliphatic heterocycles. The lowest BCUT2D eigenvalue weighted by atomic mass is 10.1. The second-order valence-corrected chi connectivity index (χ2v) is 5.53. The Morgan fingerprint density at radius 1 is 1.29 bits per heavy atom. The lowest BCUT2D eigenvalue weighted by Gasteiger charge is -2.12. The summed E-state index contributed by atoms with van der Waals surface area (Å²) in [5, 5.41) is 3.15. The number of anilines is 1. The van der Waals surface area contributed by atoms with Gasteiger partial charge in [-0.1, -0.05) is 22.0 Å². The molecule has 0 saturated heterocycles. The van der Waals surface area contributed by atoms with Gasteiger partial charge in [-0.3, -0.25) is 0 Å². The summed E-state index contributed by atoms with van der Waals surface area (Å²) >= 11 is 3.32. The largest absolute Gasteiger partial charge is 0.465 e. The van der Waals surface area contributed by atoms with Crippen LogP contribution in [-0.2, 0) is 11.3 Å². The Bertz CT molecular complexity index is 673. The molecule has 0 bridgehead atoms. The van der Waals surface area contributed by atoms with Crippen molar-refractivity contribution in [3.63, 3.8) is 0 Å². The summed E-state index contributed by atoms with van der Waals surface area (Å²) in [6, 6.07) is 10.0. The molecule has 0 aromatic heterocycles. The Balaban J connectivity index is 2.19. The summed E-state index contributed by atoms with van der Waals surface area (Å²) in [5.41, 5.74) is 2.75. The molecule has 0 radical (unpaired) electrons. The molecule has 2 aromatic rings. The summed E-state index contributed by atoms with van der Waals surface area (Å²) in [7, 11) is 1.34. The number of methoxy groups -OCH3 is 1. The molecule has 0 aliphatic carbocycles. The Morgan fingerprint density at radius 3 is 2.76 bits per heavy atom. The van der Waals surface area contributed by atoms with E-state index in [1.165, 1.54) is 13.2 Å². The van der Waals surface area contributed by atoms with Gasteiger partial charge in [0.1, 0.15) is 5.82 Å². The van der Waals surface area contributed by atoms with E-state index in [2.05, 4.69) is 21.2 Å². The average Bonchev–Trinajstić information content (AvgIpc) is 2.48. The van der Waals surface area contributed by atoms with Gasteiger partial charge in [-0.15, -0.1) is 0 Å². The molecule has 21 heavy (non-hydrogen) atoms. The minimum absolute atomic E-state index is 0.271. The first-order valence-corrected chi connectivity index (χ1v) is 7.17. The number of hydrogen-bond acceptors (Lipinski definition) is 3. The minimum atomic E-state index is -0.397. The van der Waals surface area contributed by atoms with Crippen LogP contribution in [0.1, 0.15) is 21.5 Å². The fourth-order valence-electron chi connectivity index (χ4n) is 1.93. The van der Waals surface area contributed by atoms with Crippen molar-refractivity contribution in [1.29, 1.82) is 0 Å². The number of esters is 1. The third-order valence-electron chi connectivity index (χ3n) is 3.14. The monoisotopic (exact) mass is 351 g/mol. The molecule has 5 heteroatoms. The predicted molar refractivity (Wildman–Crippen MR) is 83.9 cm³/mol. The zero-order valence-corrected chi connectivity index (χ0v) is 13.3. The molecule has 0 atom stereocenters. The first kappa shape index (κ1) is 15.5. The molecule has 110 valence electrons. The Hall–Kier alpha value is -1.88. The number of aryl methyl sites for hydroxylation is 1. The molecule has 2 aromatic carbocycles. The molecule has 3 nitrogen and oxygen atoms in total. The number of benzene rings is 2. The molecular formula is C16H15BrFNO2. The highest BCUT2D eigenvalue weighted by Crippen LogP contribution is 2.21. The van der Waals surface area contributed by atoms with Crippen LogP contribution in [0.3, 0.4) is 0 Å². The molecule has 0 fully saturated rings. The molecule has 1 N–H and O–H groups in total. The maximum absolute atomic E-state index is 13.7. The van der Waals surface area contributed by atoms with E-state index in [0.717, 1.165) is 15.7 Å². The number of halogens is 2. The lowest BCUT2D eigenvalue weighted by Crippen LogP contribution is -2.06. The van der Waals surface area contributed by atoms with Crippen molar-refractivity contribution < 1.29 is 13.9 Å².